The number of aryl methyl sites for hydroxylation is 4. The van der Waals surface area contributed by atoms with E-state index < -0.39 is 0 Å². The molecule has 0 fully saturated rings. The van der Waals surface area contributed by atoms with Gasteiger partial charge in [0.2, 0.25) is 0 Å². The lowest BCUT2D eigenvalue weighted by Gasteiger charge is -2.05. The zero-order valence-electron chi connectivity index (χ0n) is 15.2. The molecule has 4 nitrogen and oxygen atoms in total. The zero-order chi connectivity index (χ0) is 18.1. The number of hydrogen-bond donors (Lipinski definition) is 1. The maximum atomic E-state index is 12.4. The topological polar surface area (TPSA) is 55.0 Å². The second-order valence-electron chi connectivity index (χ2n) is 6.20. The van der Waals surface area contributed by atoms with Crippen LogP contribution in [0.5, 0.6) is 0 Å². The van der Waals surface area contributed by atoms with Crippen molar-refractivity contribution in [1.29, 1.82) is 0 Å². The molecule has 130 valence electrons. The molecule has 0 unspecified atom stereocenters. The first-order chi connectivity index (χ1) is 11.9. The van der Waals surface area contributed by atoms with Gasteiger partial charge in [-0.3, -0.25) is 0 Å². The number of thiazole rings is 1. The number of benzene rings is 1. The van der Waals surface area contributed by atoms with Crippen molar-refractivity contribution in [3.05, 3.63) is 51.7 Å². The summed E-state index contributed by atoms with van der Waals surface area (Å²) >= 11 is 1.59. The molecule has 1 aromatic carbocycles. The molecule has 0 saturated carbocycles. The Balaban J connectivity index is 2.07. The average molecular weight is 354 g/mol. The Kier molecular flexibility index (Phi) is 4.77. The molecule has 1 N–H and O–H groups in total. The van der Waals surface area contributed by atoms with E-state index in [9.17, 15) is 4.79 Å². The summed E-state index contributed by atoms with van der Waals surface area (Å²) in [5, 5.41) is 2.97. The summed E-state index contributed by atoms with van der Waals surface area (Å²) in [5.41, 5.74) is 7.53. The van der Waals surface area contributed by atoms with E-state index in [-0.39, 0.29) is 5.97 Å². The molecule has 5 heteroatoms. The summed E-state index contributed by atoms with van der Waals surface area (Å²) in [6.07, 6.45) is 0. The largest absolute Gasteiger partial charge is 0.462 e. The van der Waals surface area contributed by atoms with Gasteiger partial charge in [0.05, 0.1) is 17.9 Å². The minimum Gasteiger partial charge on any atom is -0.462 e. The van der Waals surface area contributed by atoms with Crippen LogP contribution < -0.4 is 0 Å². The minimum absolute atomic E-state index is 0.305. The summed E-state index contributed by atoms with van der Waals surface area (Å²) in [7, 11) is 0. The van der Waals surface area contributed by atoms with Crippen LogP contribution in [0.25, 0.3) is 21.8 Å². The Hall–Kier alpha value is -2.40. The van der Waals surface area contributed by atoms with Crippen LogP contribution in [0.3, 0.4) is 0 Å². The third-order valence-electron chi connectivity index (χ3n) is 4.23. The van der Waals surface area contributed by atoms with Crippen molar-refractivity contribution in [3.8, 4) is 21.8 Å². The van der Waals surface area contributed by atoms with E-state index in [0.717, 1.165) is 33.2 Å². The van der Waals surface area contributed by atoms with E-state index in [2.05, 4.69) is 37.0 Å². The molecule has 0 aliphatic carbocycles. The smallest absolute Gasteiger partial charge is 0.340 e. The van der Waals surface area contributed by atoms with Crippen LogP contribution >= 0.6 is 11.3 Å². The molecule has 0 saturated heterocycles. The highest BCUT2D eigenvalue weighted by atomic mass is 32.1. The molecule has 0 aliphatic rings. The molecule has 0 atom stereocenters. The molecular formula is C20H22N2O2S. The van der Waals surface area contributed by atoms with E-state index in [1.807, 2.05) is 26.2 Å². The minimum atomic E-state index is -0.305. The number of hydrogen-bond acceptors (Lipinski definition) is 4. The Labute approximate surface area is 151 Å². The standard InChI is InChI=1S/C20H22N2O2S/c1-6-24-20(23)18-14(5)21-13(4)17(18)16-10-25-19(22-16)15-8-7-11(2)9-12(15)3/h7-10,21H,6H2,1-5H3. The Morgan fingerprint density at radius 1 is 1.20 bits per heavy atom. The van der Waals surface area contributed by atoms with Crippen LogP contribution in [-0.4, -0.2) is 22.5 Å². The number of aromatic amines is 1. The number of esters is 1. The number of rotatable bonds is 4. The molecule has 0 aliphatic heterocycles. The van der Waals surface area contributed by atoms with Crippen molar-refractivity contribution in [1.82, 2.24) is 9.97 Å². The molecule has 25 heavy (non-hydrogen) atoms. The molecule has 3 aromatic rings. The fraction of sp³-hybridized carbons (Fsp3) is 0.300. The number of H-pyrrole nitrogens is 1. The van der Waals surface area contributed by atoms with Crippen molar-refractivity contribution < 1.29 is 9.53 Å². The second-order valence-corrected chi connectivity index (χ2v) is 7.06. The first-order valence-corrected chi connectivity index (χ1v) is 9.20. The lowest BCUT2D eigenvalue weighted by Crippen LogP contribution is -2.06. The molecule has 0 amide bonds. The van der Waals surface area contributed by atoms with Crippen LogP contribution in [-0.2, 0) is 4.74 Å². The van der Waals surface area contributed by atoms with Gasteiger partial charge in [-0.1, -0.05) is 23.8 Å². The number of ether oxygens (including phenoxy) is 1. The maximum Gasteiger partial charge on any atom is 0.340 e. The van der Waals surface area contributed by atoms with E-state index in [4.69, 9.17) is 9.72 Å². The van der Waals surface area contributed by atoms with E-state index in [1.54, 1.807) is 11.3 Å². The Morgan fingerprint density at radius 2 is 1.96 bits per heavy atom. The molecule has 0 radical (unpaired) electrons. The van der Waals surface area contributed by atoms with Gasteiger partial charge < -0.3 is 9.72 Å². The summed E-state index contributed by atoms with van der Waals surface area (Å²) < 4.78 is 5.22. The number of nitrogens with one attached hydrogen (secondary N) is 1. The van der Waals surface area contributed by atoms with Crippen LogP contribution in [0.2, 0.25) is 0 Å². The number of nitrogens with zero attached hydrogens (tertiary/aromatic N) is 1. The van der Waals surface area contributed by atoms with Gasteiger partial charge in [-0.2, -0.15) is 0 Å². The number of carbonyl (C=O) groups is 1. The quantitative estimate of drug-likeness (QED) is 0.654. The fourth-order valence-electron chi connectivity index (χ4n) is 3.13. The maximum absolute atomic E-state index is 12.4. The van der Waals surface area contributed by atoms with Crippen molar-refractivity contribution in [2.24, 2.45) is 0 Å². The van der Waals surface area contributed by atoms with Gasteiger partial charge in [0.25, 0.3) is 0 Å². The molecule has 0 bridgehead atoms. The first kappa shape index (κ1) is 17.4. The van der Waals surface area contributed by atoms with Gasteiger partial charge in [0.15, 0.2) is 0 Å². The van der Waals surface area contributed by atoms with Crippen LogP contribution in [0.4, 0.5) is 0 Å². The number of aromatic nitrogens is 2. The van der Waals surface area contributed by atoms with Gasteiger partial charge in [-0.15, -0.1) is 11.3 Å². The van der Waals surface area contributed by atoms with Crippen molar-refractivity contribution in [2.45, 2.75) is 34.6 Å². The predicted octanol–water partition coefficient (Wildman–Crippen LogP) is 5.22. The summed E-state index contributed by atoms with van der Waals surface area (Å²) in [6.45, 7) is 10.2. The normalized spacial score (nSPS) is 10.9. The zero-order valence-corrected chi connectivity index (χ0v) is 16.0. The van der Waals surface area contributed by atoms with Gasteiger partial charge >= 0.3 is 5.97 Å². The summed E-state index contributed by atoms with van der Waals surface area (Å²) in [5.74, 6) is -0.305. The van der Waals surface area contributed by atoms with Crippen molar-refractivity contribution >= 4 is 17.3 Å². The third kappa shape index (κ3) is 3.24. The van der Waals surface area contributed by atoms with Crippen LogP contribution in [0.1, 0.15) is 39.8 Å². The highest BCUT2D eigenvalue weighted by Crippen LogP contribution is 2.35. The Morgan fingerprint density at radius 3 is 2.64 bits per heavy atom. The van der Waals surface area contributed by atoms with E-state index in [1.165, 1.54) is 11.1 Å². The second kappa shape index (κ2) is 6.84. The predicted molar refractivity (Wildman–Crippen MR) is 102 cm³/mol. The molecule has 2 heterocycles. The van der Waals surface area contributed by atoms with Gasteiger partial charge in [0, 0.05) is 27.9 Å². The number of carbonyl (C=O) groups excluding carboxylic acids is 1. The average Bonchev–Trinajstić information content (AvgIpc) is 3.11. The first-order valence-electron chi connectivity index (χ1n) is 8.32. The van der Waals surface area contributed by atoms with Crippen LogP contribution in [0, 0.1) is 27.7 Å². The monoisotopic (exact) mass is 354 g/mol. The molecule has 0 spiro atoms. The molecule has 3 rings (SSSR count). The van der Waals surface area contributed by atoms with Crippen molar-refractivity contribution in [3.63, 3.8) is 0 Å². The molecule has 2 aromatic heterocycles. The summed E-state index contributed by atoms with van der Waals surface area (Å²) in [4.78, 5) is 20.4. The van der Waals surface area contributed by atoms with Gasteiger partial charge in [-0.25, -0.2) is 9.78 Å². The lowest BCUT2D eigenvalue weighted by atomic mass is 10.1. The Bertz CT molecular complexity index is 937. The molecular weight excluding hydrogens is 332 g/mol. The SMILES string of the molecule is CCOC(=O)c1c(C)[nH]c(C)c1-c1csc(-c2ccc(C)cc2C)n1. The summed E-state index contributed by atoms with van der Waals surface area (Å²) in [6, 6.07) is 6.36. The fourth-order valence-corrected chi connectivity index (χ4v) is 4.03. The van der Waals surface area contributed by atoms with Crippen LogP contribution in [0.15, 0.2) is 23.6 Å². The van der Waals surface area contributed by atoms with Gasteiger partial charge in [-0.05, 0) is 40.2 Å². The van der Waals surface area contributed by atoms with Gasteiger partial charge in [0.1, 0.15) is 5.01 Å². The van der Waals surface area contributed by atoms with E-state index in [0.29, 0.717) is 12.2 Å². The van der Waals surface area contributed by atoms with Crippen molar-refractivity contribution in [2.75, 3.05) is 6.61 Å². The van der Waals surface area contributed by atoms with E-state index >= 15 is 0 Å². The highest BCUT2D eigenvalue weighted by Gasteiger charge is 2.23. The highest BCUT2D eigenvalue weighted by molar-refractivity contribution is 7.13. The third-order valence-corrected chi connectivity index (χ3v) is 5.10. The lowest BCUT2D eigenvalue weighted by molar-refractivity contribution is 0.0526.